The summed E-state index contributed by atoms with van der Waals surface area (Å²) in [5, 5.41) is 0. The van der Waals surface area contributed by atoms with Crippen LogP contribution in [0.25, 0.3) is 11.0 Å². The van der Waals surface area contributed by atoms with E-state index in [0.29, 0.717) is 11.8 Å². The van der Waals surface area contributed by atoms with Crippen LogP contribution in [0, 0.1) is 11.8 Å². The lowest BCUT2D eigenvalue weighted by molar-refractivity contribution is 0.0776. The largest absolute Gasteiger partial charge is 0.345 e. The topological polar surface area (TPSA) is 52.2 Å². The molecule has 2 unspecified atom stereocenters. The van der Waals surface area contributed by atoms with Crippen LogP contribution in [0.3, 0.4) is 0 Å². The lowest BCUT2D eigenvalue weighted by atomic mass is 10.0. The fourth-order valence-electron chi connectivity index (χ4n) is 3.64. The van der Waals surface area contributed by atoms with Gasteiger partial charge in [0.05, 0.1) is 17.4 Å². The molecule has 0 aliphatic carbocycles. The van der Waals surface area contributed by atoms with Crippen molar-refractivity contribution in [3.63, 3.8) is 0 Å². The van der Waals surface area contributed by atoms with Crippen molar-refractivity contribution in [3.05, 3.63) is 30.1 Å². The van der Waals surface area contributed by atoms with Gasteiger partial charge >= 0.3 is 0 Å². The number of hydrogen-bond acceptors (Lipinski definition) is 3. The highest BCUT2D eigenvalue weighted by Crippen LogP contribution is 2.31. The van der Waals surface area contributed by atoms with Gasteiger partial charge in [-0.25, -0.2) is 4.98 Å². The van der Waals surface area contributed by atoms with Crippen LogP contribution in [-0.2, 0) is 0 Å². The van der Waals surface area contributed by atoms with Crippen molar-refractivity contribution in [2.24, 2.45) is 11.8 Å². The van der Waals surface area contributed by atoms with Crippen LogP contribution in [0.4, 0.5) is 0 Å². The van der Waals surface area contributed by atoms with Gasteiger partial charge in [-0.05, 0) is 37.1 Å². The molecule has 2 atom stereocenters. The third-order valence-electron chi connectivity index (χ3n) is 4.62. The minimum atomic E-state index is 0.151. The average molecular weight is 270 g/mol. The van der Waals surface area contributed by atoms with Crippen LogP contribution in [0.1, 0.15) is 10.4 Å². The molecule has 1 N–H and O–H groups in total. The highest BCUT2D eigenvalue weighted by atomic mass is 16.2. The predicted molar refractivity (Wildman–Crippen MR) is 76.5 cm³/mol. The zero-order chi connectivity index (χ0) is 13.7. The van der Waals surface area contributed by atoms with Gasteiger partial charge in [0, 0.05) is 31.7 Å². The first kappa shape index (κ1) is 11.9. The van der Waals surface area contributed by atoms with Crippen molar-refractivity contribution < 1.29 is 4.79 Å². The number of fused-ring (bicyclic) bond motifs is 2. The standard InChI is InChI=1S/C15H18N4O/c1-18-5-11-7-19(8-12(11)6-18)15(20)10-2-3-13-14(4-10)17-9-16-13/h2-4,9,11-12H,5-8H2,1H3,(H,16,17). The number of carbonyl (C=O) groups is 1. The first-order valence-electron chi connectivity index (χ1n) is 7.11. The van der Waals surface area contributed by atoms with E-state index in [1.807, 2.05) is 23.1 Å². The van der Waals surface area contributed by atoms with Crippen molar-refractivity contribution in [2.75, 3.05) is 33.2 Å². The molecule has 5 heteroatoms. The Morgan fingerprint density at radius 1 is 1.25 bits per heavy atom. The zero-order valence-corrected chi connectivity index (χ0v) is 11.5. The lowest BCUT2D eigenvalue weighted by Gasteiger charge is -2.19. The molecule has 104 valence electrons. The summed E-state index contributed by atoms with van der Waals surface area (Å²) in [4.78, 5) is 24.2. The molecule has 1 aromatic carbocycles. The van der Waals surface area contributed by atoms with E-state index in [0.717, 1.165) is 42.8 Å². The minimum Gasteiger partial charge on any atom is -0.345 e. The van der Waals surface area contributed by atoms with Crippen LogP contribution >= 0.6 is 0 Å². The zero-order valence-electron chi connectivity index (χ0n) is 11.5. The number of amides is 1. The van der Waals surface area contributed by atoms with Gasteiger partial charge in [0.1, 0.15) is 0 Å². The number of nitrogens with one attached hydrogen (secondary N) is 1. The summed E-state index contributed by atoms with van der Waals surface area (Å²) in [6.45, 7) is 4.03. The maximum Gasteiger partial charge on any atom is 0.253 e. The number of carbonyl (C=O) groups excluding carboxylic acids is 1. The summed E-state index contributed by atoms with van der Waals surface area (Å²) in [7, 11) is 2.16. The first-order chi connectivity index (χ1) is 9.70. The number of benzene rings is 1. The molecule has 2 aromatic rings. The summed E-state index contributed by atoms with van der Waals surface area (Å²) < 4.78 is 0. The highest BCUT2D eigenvalue weighted by Gasteiger charge is 2.40. The number of aromatic nitrogens is 2. The first-order valence-corrected chi connectivity index (χ1v) is 7.11. The molecule has 0 spiro atoms. The summed E-state index contributed by atoms with van der Waals surface area (Å²) in [6.07, 6.45) is 1.66. The molecular formula is C15H18N4O. The van der Waals surface area contributed by atoms with Crippen molar-refractivity contribution >= 4 is 16.9 Å². The van der Waals surface area contributed by atoms with Gasteiger partial charge in [0.2, 0.25) is 0 Å². The average Bonchev–Trinajstić information content (AvgIpc) is 3.09. The van der Waals surface area contributed by atoms with Crippen molar-refractivity contribution in [1.29, 1.82) is 0 Å². The molecule has 0 saturated carbocycles. The predicted octanol–water partition coefficient (Wildman–Crippen LogP) is 1.20. The number of nitrogens with zero attached hydrogens (tertiary/aromatic N) is 3. The Labute approximate surface area is 117 Å². The maximum absolute atomic E-state index is 12.6. The monoisotopic (exact) mass is 270 g/mol. The van der Waals surface area contributed by atoms with Crippen molar-refractivity contribution in [2.45, 2.75) is 0 Å². The number of H-pyrrole nitrogens is 1. The van der Waals surface area contributed by atoms with Gasteiger partial charge in [-0.2, -0.15) is 0 Å². The highest BCUT2D eigenvalue weighted by molar-refractivity contribution is 5.97. The molecule has 20 heavy (non-hydrogen) atoms. The molecule has 4 rings (SSSR count). The minimum absolute atomic E-state index is 0.151. The van der Waals surface area contributed by atoms with Gasteiger partial charge in [-0.15, -0.1) is 0 Å². The molecule has 2 saturated heterocycles. The van der Waals surface area contributed by atoms with E-state index in [1.165, 1.54) is 0 Å². The molecule has 2 fully saturated rings. The molecule has 1 aromatic heterocycles. The second kappa shape index (κ2) is 4.31. The van der Waals surface area contributed by atoms with Gasteiger partial charge in [0.15, 0.2) is 0 Å². The fourth-order valence-corrected chi connectivity index (χ4v) is 3.64. The number of hydrogen-bond donors (Lipinski definition) is 1. The molecule has 3 heterocycles. The smallest absolute Gasteiger partial charge is 0.253 e. The van der Waals surface area contributed by atoms with E-state index < -0.39 is 0 Å². The SMILES string of the molecule is CN1CC2CN(C(=O)c3ccc4nc[nH]c4c3)CC2C1. The van der Waals surface area contributed by atoms with Crippen LogP contribution in [0.15, 0.2) is 24.5 Å². The Kier molecular flexibility index (Phi) is 2.57. The van der Waals surface area contributed by atoms with E-state index in [2.05, 4.69) is 21.9 Å². The Balaban J connectivity index is 1.55. The van der Waals surface area contributed by atoms with Crippen LogP contribution in [0.5, 0.6) is 0 Å². The van der Waals surface area contributed by atoms with Gasteiger partial charge in [-0.3, -0.25) is 4.79 Å². The van der Waals surface area contributed by atoms with E-state index in [4.69, 9.17) is 0 Å². The van der Waals surface area contributed by atoms with Gasteiger partial charge in [0.25, 0.3) is 5.91 Å². The fraction of sp³-hybridized carbons (Fsp3) is 0.467. The molecular weight excluding hydrogens is 252 g/mol. The van der Waals surface area contributed by atoms with Crippen LogP contribution in [-0.4, -0.2) is 58.9 Å². The Morgan fingerprint density at radius 3 is 2.75 bits per heavy atom. The molecule has 2 aliphatic heterocycles. The Morgan fingerprint density at radius 2 is 2.00 bits per heavy atom. The van der Waals surface area contributed by atoms with E-state index in [9.17, 15) is 4.79 Å². The van der Waals surface area contributed by atoms with Crippen LogP contribution in [0.2, 0.25) is 0 Å². The lowest BCUT2D eigenvalue weighted by Crippen LogP contribution is -2.32. The maximum atomic E-state index is 12.6. The number of rotatable bonds is 1. The second-order valence-corrected chi connectivity index (χ2v) is 6.09. The number of likely N-dealkylation sites (tertiary alicyclic amines) is 2. The molecule has 2 aliphatic rings. The Bertz CT molecular complexity index is 651. The molecule has 0 radical (unpaired) electrons. The Hall–Kier alpha value is -1.88. The summed E-state index contributed by atoms with van der Waals surface area (Å²) >= 11 is 0. The third-order valence-corrected chi connectivity index (χ3v) is 4.62. The normalized spacial score (nSPS) is 26.4. The summed E-state index contributed by atoms with van der Waals surface area (Å²) in [6, 6.07) is 5.69. The van der Waals surface area contributed by atoms with E-state index in [1.54, 1.807) is 6.33 Å². The van der Waals surface area contributed by atoms with Crippen LogP contribution < -0.4 is 0 Å². The van der Waals surface area contributed by atoms with E-state index in [-0.39, 0.29) is 5.91 Å². The van der Waals surface area contributed by atoms with Crippen molar-refractivity contribution in [3.8, 4) is 0 Å². The molecule has 5 nitrogen and oxygen atoms in total. The number of aromatic amines is 1. The van der Waals surface area contributed by atoms with Gasteiger partial charge < -0.3 is 14.8 Å². The third kappa shape index (κ3) is 1.81. The van der Waals surface area contributed by atoms with Crippen molar-refractivity contribution in [1.82, 2.24) is 19.8 Å². The quantitative estimate of drug-likeness (QED) is 0.847. The van der Waals surface area contributed by atoms with Gasteiger partial charge in [-0.1, -0.05) is 0 Å². The molecule has 1 amide bonds. The summed E-state index contributed by atoms with van der Waals surface area (Å²) in [5.41, 5.74) is 2.59. The molecule has 0 bridgehead atoms. The second-order valence-electron chi connectivity index (χ2n) is 6.09. The number of imidazole rings is 1. The summed E-state index contributed by atoms with van der Waals surface area (Å²) in [5.74, 6) is 1.46. The van der Waals surface area contributed by atoms with E-state index >= 15 is 0 Å².